The highest BCUT2D eigenvalue weighted by Crippen LogP contribution is 2.28. The molecule has 1 aliphatic heterocycles. The predicted octanol–water partition coefficient (Wildman–Crippen LogP) is 5.31. The van der Waals surface area contributed by atoms with Crippen molar-refractivity contribution in [2.24, 2.45) is 11.8 Å². The van der Waals surface area contributed by atoms with Gasteiger partial charge in [0.15, 0.2) is 0 Å². The van der Waals surface area contributed by atoms with E-state index in [4.69, 9.17) is 9.15 Å². The first-order chi connectivity index (χ1) is 16.0. The fourth-order valence-electron chi connectivity index (χ4n) is 4.63. The van der Waals surface area contributed by atoms with Crippen molar-refractivity contribution in [1.82, 2.24) is 9.88 Å². The summed E-state index contributed by atoms with van der Waals surface area (Å²) in [6.07, 6.45) is 2.12. The third-order valence-corrected chi connectivity index (χ3v) is 6.58. The first-order valence-electron chi connectivity index (χ1n) is 11.6. The highest BCUT2D eigenvalue weighted by atomic mass is 16.6. The molecule has 1 saturated heterocycles. The lowest BCUT2D eigenvalue weighted by Gasteiger charge is -2.33. The van der Waals surface area contributed by atoms with E-state index in [0.29, 0.717) is 50.4 Å². The Morgan fingerprint density at radius 1 is 1.18 bits per heavy atom. The number of carboxylic acid groups (broad SMARTS) is 1. The number of aryl methyl sites for hydroxylation is 1. The van der Waals surface area contributed by atoms with Crippen LogP contribution in [0.3, 0.4) is 0 Å². The molecule has 4 rings (SSSR count). The molecule has 3 aromatic rings. The molecule has 1 fully saturated rings. The smallest absolute Gasteiger partial charge is 0.409 e. The number of rotatable bonds is 7. The standard InChI is InChI=1S/C26H30N2O5/c1-3-22(25(29)30)19-10-13-28(14-11-19)26(31)32-15-12-23-17(2)33-24(27-23)21-9-8-18-6-4-5-7-20(18)16-21/h4-9,16,19,22H,3,10-15H2,1-2H3,(H,29,30). The molecule has 2 aromatic carbocycles. The minimum atomic E-state index is -0.746. The fourth-order valence-corrected chi connectivity index (χ4v) is 4.63. The minimum absolute atomic E-state index is 0.114. The number of amides is 1. The van der Waals surface area contributed by atoms with E-state index in [2.05, 4.69) is 23.2 Å². The van der Waals surface area contributed by atoms with Gasteiger partial charge in [-0.15, -0.1) is 0 Å². The molecule has 0 aliphatic carbocycles. The maximum Gasteiger partial charge on any atom is 0.409 e. The Labute approximate surface area is 193 Å². The molecule has 0 saturated carbocycles. The number of ether oxygens (including phenoxy) is 1. The number of carbonyl (C=O) groups excluding carboxylic acids is 1. The fraction of sp³-hybridized carbons (Fsp3) is 0.423. The quantitative estimate of drug-likeness (QED) is 0.525. The predicted molar refractivity (Wildman–Crippen MR) is 125 cm³/mol. The van der Waals surface area contributed by atoms with Crippen LogP contribution in [0.4, 0.5) is 4.79 Å². The molecule has 0 spiro atoms. The number of hydrogen-bond acceptors (Lipinski definition) is 5. The molecule has 1 atom stereocenters. The highest BCUT2D eigenvalue weighted by molar-refractivity contribution is 5.86. The van der Waals surface area contributed by atoms with Gasteiger partial charge in [0, 0.05) is 25.1 Å². The van der Waals surface area contributed by atoms with Crippen molar-refractivity contribution in [3.63, 3.8) is 0 Å². The summed E-state index contributed by atoms with van der Waals surface area (Å²) in [5.74, 6) is 0.308. The lowest BCUT2D eigenvalue weighted by molar-refractivity contribution is -0.144. The van der Waals surface area contributed by atoms with Crippen LogP contribution < -0.4 is 0 Å². The Kier molecular flexibility index (Phi) is 6.96. The molecule has 1 aliphatic rings. The zero-order valence-electron chi connectivity index (χ0n) is 19.1. The number of carbonyl (C=O) groups is 2. The second kappa shape index (κ2) is 10.1. The van der Waals surface area contributed by atoms with Crippen LogP contribution in [0.15, 0.2) is 46.9 Å². The SMILES string of the molecule is CCC(C(=O)O)C1CCN(C(=O)OCCc2nc(-c3ccc4ccccc4c3)oc2C)CC1. The summed E-state index contributed by atoms with van der Waals surface area (Å²) in [4.78, 5) is 30.1. The number of aliphatic carboxylic acids is 1. The normalized spacial score (nSPS) is 15.5. The van der Waals surface area contributed by atoms with E-state index in [9.17, 15) is 14.7 Å². The van der Waals surface area contributed by atoms with Crippen molar-refractivity contribution >= 4 is 22.8 Å². The van der Waals surface area contributed by atoms with E-state index >= 15 is 0 Å². The first kappa shape index (κ1) is 22.8. The van der Waals surface area contributed by atoms with E-state index in [-0.39, 0.29) is 24.5 Å². The number of aromatic nitrogens is 1. The number of nitrogens with zero attached hydrogens (tertiary/aromatic N) is 2. The van der Waals surface area contributed by atoms with Gasteiger partial charge in [0.2, 0.25) is 5.89 Å². The third-order valence-electron chi connectivity index (χ3n) is 6.58. The van der Waals surface area contributed by atoms with Gasteiger partial charge in [0.25, 0.3) is 0 Å². The highest BCUT2D eigenvalue weighted by Gasteiger charge is 2.31. The Balaban J connectivity index is 1.30. The van der Waals surface area contributed by atoms with Gasteiger partial charge in [-0.2, -0.15) is 0 Å². The second-order valence-corrected chi connectivity index (χ2v) is 8.63. The molecule has 1 amide bonds. The number of piperidine rings is 1. The number of fused-ring (bicyclic) bond motifs is 1. The van der Waals surface area contributed by atoms with Crippen LogP contribution in [-0.4, -0.2) is 46.7 Å². The van der Waals surface area contributed by atoms with E-state index in [1.807, 2.05) is 38.1 Å². The second-order valence-electron chi connectivity index (χ2n) is 8.63. The summed E-state index contributed by atoms with van der Waals surface area (Å²) < 4.78 is 11.3. The molecule has 174 valence electrons. The van der Waals surface area contributed by atoms with Crippen molar-refractivity contribution in [2.45, 2.75) is 39.5 Å². The lowest BCUT2D eigenvalue weighted by Crippen LogP contribution is -2.41. The summed E-state index contributed by atoms with van der Waals surface area (Å²) in [6.45, 7) is 5.05. The largest absolute Gasteiger partial charge is 0.481 e. The minimum Gasteiger partial charge on any atom is -0.481 e. The van der Waals surface area contributed by atoms with Gasteiger partial charge in [-0.3, -0.25) is 4.79 Å². The average molecular weight is 451 g/mol. The Bertz CT molecular complexity index is 1130. The number of carboxylic acids is 1. The van der Waals surface area contributed by atoms with Crippen molar-refractivity contribution in [2.75, 3.05) is 19.7 Å². The van der Waals surface area contributed by atoms with E-state index in [1.54, 1.807) is 4.90 Å². The summed E-state index contributed by atoms with van der Waals surface area (Å²) in [5, 5.41) is 11.6. The molecular weight excluding hydrogens is 420 g/mol. The van der Waals surface area contributed by atoms with Crippen molar-refractivity contribution in [3.8, 4) is 11.5 Å². The van der Waals surface area contributed by atoms with Crippen LogP contribution >= 0.6 is 0 Å². The summed E-state index contributed by atoms with van der Waals surface area (Å²) >= 11 is 0. The molecule has 33 heavy (non-hydrogen) atoms. The van der Waals surface area contributed by atoms with Crippen molar-refractivity contribution in [1.29, 1.82) is 0 Å². The third kappa shape index (κ3) is 5.18. The van der Waals surface area contributed by atoms with Crippen LogP contribution in [-0.2, 0) is 16.0 Å². The van der Waals surface area contributed by atoms with Crippen LogP contribution in [0.2, 0.25) is 0 Å². The number of oxazole rings is 1. The molecule has 0 bridgehead atoms. The van der Waals surface area contributed by atoms with Gasteiger partial charge in [-0.25, -0.2) is 9.78 Å². The van der Waals surface area contributed by atoms with E-state index in [0.717, 1.165) is 22.0 Å². The van der Waals surface area contributed by atoms with Crippen molar-refractivity contribution < 1.29 is 23.8 Å². The van der Waals surface area contributed by atoms with E-state index in [1.165, 1.54) is 0 Å². The molecule has 1 unspecified atom stereocenters. The molecule has 7 heteroatoms. The zero-order chi connectivity index (χ0) is 23.4. The zero-order valence-corrected chi connectivity index (χ0v) is 19.1. The lowest BCUT2D eigenvalue weighted by atomic mass is 9.83. The number of benzene rings is 2. The van der Waals surface area contributed by atoms with Gasteiger partial charge in [-0.05, 0) is 55.0 Å². The van der Waals surface area contributed by atoms with Gasteiger partial charge in [-0.1, -0.05) is 37.3 Å². The van der Waals surface area contributed by atoms with Crippen molar-refractivity contribution in [3.05, 3.63) is 53.9 Å². The van der Waals surface area contributed by atoms with Gasteiger partial charge < -0.3 is 19.2 Å². The van der Waals surface area contributed by atoms with Gasteiger partial charge in [0.1, 0.15) is 5.76 Å². The summed E-state index contributed by atoms with van der Waals surface area (Å²) in [6, 6.07) is 14.2. The van der Waals surface area contributed by atoms with Gasteiger partial charge >= 0.3 is 12.1 Å². The molecule has 2 heterocycles. The maximum absolute atomic E-state index is 12.4. The summed E-state index contributed by atoms with van der Waals surface area (Å²) in [5.41, 5.74) is 1.69. The van der Waals surface area contributed by atoms with Crippen LogP contribution in [0.25, 0.3) is 22.2 Å². The average Bonchev–Trinajstić information content (AvgIpc) is 3.19. The van der Waals surface area contributed by atoms with Gasteiger partial charge in [0.05, 0.1) is 18.2 Å². The Hall–Kier alpha value is -3.35. The topological polar surface area (TPSA) is 92.9 Å². The molecule has 7 nitrogen and oxygen atoms in total. The monoisotopic (exact) mass is 450 g/mol. The Morgan fingerprint density at radius 3 is 2.61 bits per heavy atom. The molecule has 1 N–H and O–H groups in total. The number of hydrogen-bond donors (Lipinski definition) is 1. The number of likely N-dealkylation sites (tertiary alicyclic amines) is 1. The summed E-state index contributed by atoms with van der Waals surface area (Å²) in [7, 11) is 0. The van der Waals surface area contributed by atoms with Crippen LogP contribution in [0.5, 0.6) is 0 Å². The molecule has 0 radical (unpaired) electrons. The first-order valence-corrected chi connectivity index (χ1v) is 11.6. The van der Waals surface area contributed by atoms with Crippen LogP contribution in [0.1, 0.15) is 37.6 Å². The molecule has 1 aromatic heterocycles. The van der Waals surface area contributed by atoms with Crippen LogP contribution in [0, 0.1) is 18.8 Å². The molecular formula is C26H30N2O5. The maximum atomic E-state index is 12.4. The Morgan fingerprint density at radius 2 is 1.91 bits per heavy atom. The van der Waals surface area contributed by atoms with E-state index < -0.39 is 5.97 Å².